The molecule has 102 valence electrons. The zero-order chi connectivity index (χ0) is 13.3. The first-order valence-electron chi connectivity index (χ1n) is 6.95. The fourth-order valence-electron chi connectivity index (χ4n) is 3.21. The molecule has 2 fully saturated rings. The van der Waals surface area contributed by atoms with E-state index in [2.05, 4.69) is 5.32 Å². The van der Waals surface area contributed by atoms with E-state index in [9.17, 15) is 4.79 Å². The van der Waals surface area contributed by atoms with Gasteiger partial charge < -0.3 is 10.2 Å². The van der Waals surface area contributed by atoms with E-state index in [0.717, 1.165) is 39.0 Å². The van der Waals surface area contributed by atoms with Crippen molar-refractivity contribution in [2.45, 2.75) is 19.3 Å². The number of nitrogens with one attached hydrogen (secondary N) is 1. The van der Waals surface area contributed by atoms with Gasteiger partial charge in [0.1, 0.15) is 0 Å². The van der Waals surface area contributed by atoms with Gasteiger partial charge in [-0.2, -0.15) is 0 Å². The largest absolute Gasteiger partial charge is 0.339 e. The van der Waals surface area contributed by atoms with Gasteiger partial charge in [-0.05, 0) is 43.4 Å². The molecular weight excluding hydrogens is 260 g/mol. The molecule has 1 aromatic carbocycles. The van der Waals surface area contributed by atoms with Crippen molar-refractivity contribution in [3.63, 3.8) is 0 Å². The number of likely N-dealkylation sites (tertiary alicyclic amines) is 1. The monoisotopic (exact) mass is 278 g/mol. The van der Waals surface area contributed by atoms with E-state index in [1.165, 1.54) is 6.42 Å². The molecule has 2 heterocycles. The summed E-state index contributed by atoms with van der Waals surface area (Å²) >= 11 is 6.10. The van der Waals surface area contributed by atoms with E-state index in [-0.39, 0.29) is 5.91 Å². The molecule has 0 aromatic heterocycles. The Balaban J connectivity index is 1.68. The average molecular weight is 279 g/mol. The number of carbonyl (C=O) groups excluding carboxylic acids is 1. The number of benzene rings is 1. The first-order chi connectivity index (χ1) is 9.20. The third-order valence-electron chi connectivity index (χ3n) is 4.55. The molecule has 0 radical (unpaired) electrons. The minimum Gasteiger partial charge on any atom is -0.339 e. The molecule has 2 aliphatic heterocycles. The molecule has 2 aliphatic rings. The fourth-order valence-corrected chi connectivity index (χ4v) is 3.43. The molecule has 3 nitrogen and oxygen atoms in total. The van der Waals surface area contributed by atoms with Gasteiger partial charge in [0.15, 0.2) is 0 Å². The Bertz CT molecular complexity index is 473. The van der Waals surface area contributed by atoms with Crippen LogP contribution in [0.2, 0.25) is 5.02 Å². The van der Waals surface area contributed by atoms with Crippen LogP contribution in [0.1, 0.15) is 29.6 Å². The summed E-state index contributed by atoms with van der Waals surface area (Å²) in [4.78, 5) is 14.4. The summed E-state index contributed by atoms with van der Waals surface area (Å²) in [6.07, 6.45) is 3.47. The van der Waals surface area contributed by atoms with Crippen molar-refractivity contribution in [1.82, 2.24) is 10.2 Å². The lowest BCUT2D eigenvalue weighted by Crippen LogP contribution is -2.44. The van der Waals surface area contributed by atoms with Gasteiger partial charge in [-0.25, -0.2) is 0 Å². The van der Waals surface area contributed by atoms with Gasteiger partial charge in [0, 0.05) is 19.6 Å². The van der Waals surface area contributed by atoms with Gasteiger partial charge in [-0.15, -0.1) is 0 Å². The molecule has 0 atom stereocenters. The molecule has 3 rings (SSSR count). The smallest absolute Gasteiger partial charge is 0.255 e. The fraction of sp³-hybridized carbons (Fsp3) is 0.533. The summed E-state index contributed by atoms with van der Waals surface area (Å²) in [5.41, 5.74) is 1.07. The van der Waals surface area contributed by atoms with E-state index in [4.69, 9.17) is 11.6 Å². The van der Waals surface area contributed by atoms with Crippen molar-refractivity contribution >= 4 is 17.5 Å². The standard InChI is InChI=1S/C15H19ClN2O/c16-13-4-2-1-3-12(13)14(19)18-9-6-15(7-10-18)5-8-17-11-15/h1-4,17H,5-11H2. The van der Waals surface area contributed by atoms with E-state index in [1.807, 2.05) is 23.1 Å². The summed E-state index contributed by atoms with van der Waals surface area (Å²) in [6, 6.07) is 7.31. The van der Waals surface area contributed by atoms with Crippen LogP contribution in [0.3, 0.4) is 0 Å². The minimum atomic E-state index is 0.0754. The molecule has 0 bridgehead atoms. The molecule has 1 N–H and O–H groups in total. The number of hydrogen-bond donors (Lipinski definition) is 1. The number of nitrogens with zero attached hydrogens (tertiary/aromatic N) is 1. The Morgan fingerprint density at radius 2 is 1.95 bits per heavy atom. The first kappa shape index (κ1) is 12.9. The van der Waals surface area contributed by atoms with E-state index in [0.29, 0.717) is 16.0 Å². The number of halogens is 1. The van der Waals surface area contributed by atoms with Gasteiger partial charge in [0.05, 0.1) is 10.6 Å². The summed E-state index contributed by atoms with van der Waals surface area (Å²) in [7, 11) is 0. The van der Waals surface area contributed by atoms with Crippen molar-refractivity contribution in [3.05, 3.63) is 34.9 Å². The zero-order valence-corrected chi connectivity index (χ0v) is 11.7. The zero-order valence-electron chi connectivity index (χ0n) is 11.0. The second-order valence-corrected chi connectivity index (χ2v) is 6.11. The summed E-state index contributed by atoms with van der Waals surface area (Å²) in [5.74, 6) is 0.0754. The van der Waals surface area contributed by atoms with Gasteiger partial charge >= 0.3 is 0 Å². The highest BCUT2D eigenvalue weighted by molar-refractivity contribution is 6.33. The van der Waals surface area contributed by atoms with E-state index < -0.39 is 0 Å². The maximum atomic E-state index is 12.4. The predicted molar refractivity (Wildman–Crippen MR) is 76.5 cm³/mol. The third kappa shape index (κ3) is 2.49. The quantitative estimate of drug-likeness (QED) is 0.856. The van der Waals surface area contributed by atoms with Crippen molar-refractivity contribution in [1.29, 1.82) is 0 Å². The van der Waals surface area contributed by atoms with Crippen LogP contribution in [0.4, 0.5) is 0 Å². The Labute approximate surface area is 118 Å². The number of piperidine rings is 1. The molecule has 0 aliphatic carbocycles. The van der Waals surface area contributed by atoms with Crippen LogP contribution in [0, 0.1) is 5.41 Å². The molecule has 2 saturated heterocycles. The lowest BCUT2D eigenvalue weighted by molar-refractivity contribution is 0.0608. The maximum Gasteiger partial charge on any atom is 0.255 e. The average Bonchev–Trinajstić information content (AvgIpc) is 2.88. The summed E-state index contributed by atoms with van der Waals surface area (Å²) in [6.45, 7) is 3.94. The Hall–Kier alpha value is -1.06. The van der Waals surface area contributed by atoms with Gasteiger partial charge in [0.25, 0.3) is 5.91 Å². The molecule has 1 aromatic rings. The van der Waals surface area contributed by atoms with E-state index >= 15 is 0 Å². The molecule has 0 saturated carbocycles. The van der Waals surface area contributed by atoms with Crippen LogP contribution >= 0.6 is 11.6 Å². The highest BCUT2D eigenvalue weighted by atomic mass is 35.5. The van der Waals surface area contributed by atoms with Crippen LogP contribution in [0.25, 0.3) is 0 Å². The first-order valence-corrected chi connectivity index (χ1v) is 7.33. The Morgan fingerprint density at radius 1 is 1.21 bits per heavy atom. The second kappa shape index (κ2) is 5.14. The molecule has 1 spiro atoms. The molecular formula is C15H19ClN2O. The summed E-state index contributed by atoms with van der Waals surface area (Å²) < 4.78 is 0. The topological polar surface area (TPSA) is 32.3 Å². The SMILES string of the molecule is O=C(c1ccccc1Cl)N1CCC2(CCNC2)CC1. The van der Waals surface area contributed by atoms with Crippen LogP contribution in [0.15, 0.2) is 24.3 Å². The molecule has 4 heteroatoms. The lowest BCUT2D eigenvalue weighted by Gasteiger charge is -2.39. The third-order valence-corrected chi connectivity index (χ3v) is 4.88. The van der Waals surface area contributed by atoms with Crippen molar-refractivity contribution in [3.8, 4) is 0 Å². The number of carbonyl (C=O) groups is 1. The van der Waals surface area contributed by atoms with Gasteiger partial charge in [-0.1, -0.05) is 23.7 Å². The summed E-state index contributed by atoms with van der Waals surface area (Å²) in [5, 5.41) is 3.99. The maximum absolute atomic E-state index is 12.4. The van der Waals surface area contributed by atoms with Gasteiger partial charge in [-0.3, -0.25) is 4.79 Å². The van der Waals surface area contributed by atoms with E-state index in [1.54, 1.807) is 6.07 Å². The van der Waals surface area contributed by atoms with Crippen molar-refractivity contribution in [2.24, 2.45) is 5.41 Å². The van der Waals surface area contributed by atoms with Crippen molar-refractivity contribution in [2.75, 3.05) is 26.2 Å². The lowest BCUT2D eigenvalue weighted by atomic mass is 9.78. The number of amides is 1. The molecule has 1 amide bonds. The molecule has 0 unspecified atom stereocenters. The Morgan fingerprint density at radius 3 is 2.58 bits per heavy atom. The minimum absolute atomic E-state index is 0.0754. The normalized spacial score (nSPS) is 21.8. The van der Waals surface area contributed by atoms with Crippen LogP contribution in [0.5, 0.6) is 0 Å². The number of hydrogen-bond acceptors (Lipinski definition) is 2. The van der Waals surface area contributed by atoms with Crippen LogP contribution < -0.4 is 5.32 Å². The highest BCUT2D eigenvalue weighted by Gasteiger charge is 2.38. The van der Waals surface area contributed by atoms with Crippen LogP contribution in [-0.4, -0.2) is 37.0 Å². The Kier molecular flexibility index (Phi) is 3.50. The van der Waals surface area contributed by atoms with Gasteiger partial charge in [0.2, 0.25) is 0 Å². The molecule has 19 heavy (non-hydrogen) atoms. The van der Waals surface area contributed by atoms with Crippen molar-refractivity contribution < 1.29 is 4.79 Å². The number of rotatable bonds is 1. The second-order valence-electron chi connectivity index (χ2n) is 5.70. The van der Waals surface area contributed by atoms with Crippen LogP contribution in [-0.2, 0) is 0 Å². The predicted octanol–water partition coefficient (Wildman–Crippen LogP) is 2.56. The highest BCUT2D eigenvalue weighted by Crippen LogP contribution is 2.37.